The summed E-state index contributed by atoms with van der Waals surface area (Å²) >= 11 is 0. The molecule has 0 saturated heterocycles. The smallest absolute Gasteiger partial charge is 0.0428 e. The molecule has 0 spiro atoms. The van der Waals surface area contributed by atoms with Crippen molar-refractivity contribution in [2.24, 2.45) is 17.6 Å². The fraction of sp³-hybridized carbons (Fsp3) is 0.667. The Morgan fingerprint density at radius 2 is 2.15 bits per heavy atom. The first-order valence-corrected chi connectivity index (χ1v) is 5.12. The molecule has 0 bridgehead atoms. The van der Waals surface area contributed by atoms with Crippen LogP contribution < -0.4 is 5.73 Å². The van der Waals surface area contributed by atoms with Crippen molar-refractivity contribution < 1.29 is 0 Å². The fourth-order valence-electron chi connectivity index (χ4n) is 2.25. The van der Waals surface area contributed by atoms with E-state index in [0.717, 1.165) is 6.42 Å². The third-order valence-corrected chi connectivity index (χ3v) is 3.57. The first-order valence-electron chi connectivity index (χ1n) is 5.12. The molecule has 13 heavy (non-hydrogen) atoms. The summed E-state index contributed by atoms with van der Waals surface area (Å²) in [5, 5.41) is 0. The largest absolute Gasteiger partial charge is 0.321 e. The predicted octanol–water partition coefficient (Wildman–Crippen LogP) is 2.88. The fourth-order valence-corrected chi connectivity index (χ4v) is 2.25. The van der Waals surface area contributed by atoms with Crippen LogP contribution in [0.5, 0.6) is 0 Å². The minimum atomic E-state index is -0.163. The van der Waals surface area contributed by atoms with Crippen LogP contribution in [0.3, 0.4) is 0 Å². The maximum atomic E-state index is 6.40. The Bertz CT molecular complexity index is 229. The molecule has 0 radical (unpaired) electrons. The quantitative estimate of drug-likeness (QED) is 0.615. The van der Waals surface area contributed by atoms with Gasteiger partial charge in [-0.2, -0.15) is 0 Å². The standard InChI is InChI=1S/C12H21N/c1-5-8-12(13)10(3)7-6-9(2)11(12)4/h5,8,10-11H,2,6-7,13H2,1,3-4H3/b8-5+/t10-,11+,12-/m1/s1. The van der Waals surface area contributed by atoms with E-state index >= 15 is 0 Å². The van der Waals surface area contributed by atoms with Crippen LogP contribution in [0.2, 0.25) is 0 Å². The number of hydrogen-bond donors (Lipinski definition) is 1. The Morgan fingerprint density at radius 1 is 1.54 bits per heavy atom. The van der Waals surface area contributed by atoms with Gasteiger partial charge >= 0.3 is 0 Å². The summed E-state index contributed by atoms with van der Waals surface area (Å²) in [6.07, 6.45) is 6.52. The Balaban J connectivity index is 2.94. The van der Waals surface area contributed by atoms with Crippen LogP contribution in [0.25, 0.3) is 0 Å². The average molecular weight is 179 g/mol. The minimum Gasteiger partial charge on any atom is -0.321 e. The Hall–Kier alpha value is -0.560. The van der Waals surface area contributed by atoms with Gasteiger partial charge in [0.2, 0.25) is 0 Å². The van der Waals surface area contributed by atoms with E-state index in [2.05, 4.69) is 32.6 Å². The first-order chi connectivity index (χ1) is 6.02. The molecular formula is C12H21N. The van der Waals surface area contributed by atoms with E-state index in [1.54, 1.807) is 0 Å². The summed E-state index contributed by atoms with van der Waals surface area (Å²) in [4.78, 5) is 0. The molecule has 0 aliphatic heterocycles. The van der Waals surface area contributed by atoms with Crippen LogP contribution in [-0.2, 0) is 0 Å². The van der Waals surface area contributed by atoms with E-state index < -0.39 is 0 Å². The molecule has 1 heteroatoms. The zero-order chi connectivity index (χ0) is 10.1. The van der Waals surface area contributed by atoms with Gasteiger partial charge in [-0.3, -0.25) is 0 Å². The molecule has 0 unspecified atom stereocenters. The molecule has 1 aliphatic rings. The van der Waals surface area contributed by atoms with E-state index in [1.165, 1.54) is 12.0 Å². The molecule has 2 N–H and O–H groups in total. The van der Waals surface area contributed by atoms with Crippen LogP contribution in [0, 0.1) is 11.8 Å². The molecule has 3 atom stereocenters. The Morgan fingerprint density at radius 3 is 2.69 bits per heavy atom. The number of rotatable bonds is 1. The van der Waals surface area contributed by atoms with E-state index in [0.29, 0.717) is 11.8 Å². The molecule has 1 rings (SSSR count). The van der Waals surface area contributed by atoms with Crippen LogP contribution in [-0.4, -0.2) is 5.54 Å². The summed E-state index contributed by atoms with van der Waals surface area (Å²) in [7, 11) is 0. The second kappa shape index (κ2) is 3.67. The van der Waals surface area contributed by atoms with Gasteiger partial charge in [0.05, 0.1) is 0 Å². The van der Waals surface area contributed by atoms with Crippen LogP contribution >= 0.6 is 0 Å². The molecule has 1 fully saturated rings. The zero-order valence-electron chi connectivity index (χ0n) is 9.01. The number of nitrogens with two attached hydrogens (primary N) is 1. The van der Waals surface area contributed by atoms with Crippen molar-refractivity contribution in [3.63, 3.8) is 0 Å². The molecular weight excluding hydrogens is 158 g/mol. The highest BCUT2D eigenvalue weighted by Crippen LogP contribution is 2.39. The summed E-state index contributed by atoms with van der Waals surface area (Å²) in [6, 6.07) is 0. The lowest BCUT2D eigenvalue weighted by Gasteiger charge is -2.43. The lowest BCUT2D eigenvalue weighted by molar-refractivity contribution is 0.232. The molecule has 74 valence electrons. The van der Waals surface area contributed by atoms with Gasteiger partial charge in [-0.15, -0.1) is 0 Å². The normalized spacial score (nSPS) is 41.4. The summed E-state index contributed by atoms with van der Waals surface area (Å²) in [5.74, 6) is 0.969. The van der Waals surface area contributed by atoms with Gasteiger partial charge in [0.15, 0.2) is 0 Å². The van der Waals surface area contributed by atoms with Crippen molar-refractivity contribution in [2.75, 3.05) is 0 Å². The molecule has 0 heterocycles. The van der Waals surface area contributed by atoms with Gasteiger partial charge in [-0.25, -0.2) is 0 Å². The van der Waals surface area contributed by atoms with Crippen molar-refractivity contribution in [3.8, 4) is 0 Å². The van der Waals surface area contributed by atoms with Crippen molar-refractivity contribution in [2.45, 2.75) is 39.2 Å². The van der Waals surface area contributed by atoms with Crippen LogP contribution in [0.1, 0.15) is 33.6 Å². The van der Waals surface area contributed by atoms with Crippen molar-refractivity contribution in [1.29, 1.82) is 0 Å². The topological polar surface area (TPSA) is 26.0 Å². The summed E-state index contributed by atoms with van der Waals surface area (Å²) in [5.41, 5.74) is 7.54. The van der Waals surface area contributed by atoms with Gasteiger partial charge in [0.25, 0.3) is 0 Å². The summed E-state index contributed by atoms with van der Waals surface area (Å²) < 4.78 is 0. The predicted molar refractivity (Wildman–Crippen MR) is 58.4 cm³/mol. The second-order valence-corrected chi connectivity index (χ2v) is 4.32. The number of allylic oxidation sites excluding steroid dienone is 1. The molecule has 0 amide bonds. The van der Waals surface area contributed by atoms with E-state index in [-0.39, 0.29) is 5.54 Å². The highest BCUT2D eigenvalue weighted by molar-refractivity contribution is 5.21. The monoisotopic (exact) mass is 179 g/mol. The van der Waals surface area contributed by atoms with E-state index in [4.69, 9.17) is 5.73 Å². The lowest BCUT2D eigenvalue weighted by atomic mass is 9.66. The Kier molecular flexibility index (Phi) is 2.97. The Labute approximate surface area is 81.7 Å². The molecule has 0 aromatic heterocycles. The molecule has 0 aromatic rings. The molecule has 0 aromatic carbocycles. The first kappa shape index (κ1) is 10.5. The van der Waals surface area contributed by atoms with Crippen molar-refractivity contribution in [3.05, 3.63) is 24.3 Å². The van der Waals surface area contributed by atoms with Gasteiger partial charge in [-0.05, 0) is 31.6 Å². The molecule has 1 aliphatic carbocycles. The van der Waals surface area contributed by atoms with Gasteiger partial charge in [-0.1, -0.05) is 38.2 Å². The van der Waals surface area contributed by atoms with Gasteiger partial charge in [0.1, 0.15) is 0 Å². The zero-order valence-corrected chi connectivity index (χ0v) is 9.01. The molecule has 1 saturated carbocycles. The highest BCUT2D eigenvalue weighted by Gasteiger charge is 2.39. The minimum absolute atomic E-state index is 0.163. The highest BCUT2D eigenvalue weighted by atomic mass is 14.8. The third-order valence-electron chi connectivity index (χ3n) is 3.57. The molecule has 1 nitrogen and oxygen atoms in total. The maximum absolute atomic E-state index is 6.40. The van der Waals surface area contributed by atoms with Crippen molar-refractivity contribution >= 4 is 0 Å². The maximum Gasteiger partial charge on any atom is 0.0428 e. The second-order valence-electron chi connectivity index (χ2n) is 4.32. The summed E-state index contributed by atoms with van der Waals surface area (Å²) in [6.45, 7) is 10.6. The number of hydrogen-bond acceptors (Lipinski definition) is 1. The third kappa shape index (κ3) is 1.71. The van der Waals surface area contributed by atoms with E-state index in [1.807, 2.05) is 6.92 Å². The van der Waals surface area contributed by atoms with E-state index in [9.17, 15) is 0 Å². The van der Waals surface area contributed by atoms with Gasteiger partial charge in [0, 0.05) is 5.54 Å². The van der Waals surface area contributed by atoms with Crippen molar-refractivity contribution in [1.82, 2.24) is 0 Å². The average Bonchev–Trinajstić information content (AvgIpc) is 2.10. The SMILES string of the molecule is C=C1CC[C@@H](C)[C@](N)(/C=C/C)[C@H]1C. The lowest BCUT2D eigenvalue weighted by Crippen LogP contribution is -2.52. The van der Waals surface area contributed by atoms with Crippen LogP contribution in [0.4, 0.5) is 0 Å². The van der Waals surface area contributed by atoms with Gasteiger partial charge < -0.3 is 5.73 Å². The van der Waals surface area contributed by atoms with Crippen LogP contribution in [0.15, 0.2) is 24.3 Å².